The summed E-state index contributed by atoms with van der Waals surface area (Å²) in [6.45, 7) is 0. The maximum Gasteiger partial charge on any atom is 0.251 e. The molecular weight excluding hydrogens is 359 g/mol. The van der Waals surface area contributed by atoms with Crippen molar-refractivity contribution in [1.82, 2.24) is 5.32 Å². The van der Waals surface area contributed by atoms with Crippen LogP contribution in [0.25, 0.3) is 0 Å². The molecule has 138 valence electrons. The van der Waals surface area contributed by atoms with E-state index >= 15 is 0 Å². The van der Waals surface area contributed by atoms with Crippen molar-refractivity contribution >= 4 is 27.3 Å². The summed E-state index contributed by atoms with van der Waals surface area (Å²) in [4.78, 5) is 24.8. The first-order valence-electron chi connectivity index (χ1n) is 7.85. The van der Waals surface area contributed by atoms with Crippen LogP contribution in [0.5, 0.6) is 0 Å². The molecule has 8 heteroatoms. The third kappa shape index (κ3) is 6.29. The lowest BCUT2D eigenvalue weighted by Gasteiger charge is -2.18. The number of hydrogen-bond acceptors (Lipinski definition) is 4. The Hall–Kier alpha value is -2.74. The Bertz CT molecular complexity index is 868. The number of carbonyl (C=O) groups is 2. The summed E-state index contributed by atoms with van der Waals surface area (Å²) in [5.41, 5.74) is 0.696. The monoisotopic (exact) mass is 378 g/mol. The number of rotatable bonds is 7. The van der Waals surface area contributed by atoms with E-state index in [0.29, 0.717) is 11.3 Å². The van der Waals surface area contributed by atoms with Gasteiger partial charge in [-0.15, -0.1) is 0 Å². The molecule has 0 aromatic heterocycles. The fraction of sp³-hybridized carbons (Fsp3) is 0.222. The highest BCUT2D eigenvalue weighted by Crippen LogP contribution is 2.10. The Labute approximate surface area is 151 Å². The van der Waals surface area contributed by atoms with E-state index in [1.54, 1.807) is 30.3 Å². The van der Waals surface area contributed by atoms with E-state index in [4.69, 9.17) is 0 Å². The summed E-state index contributed by atoms with van der Waals surface area (Å²) in [6.07, 6.45) is 0.978. The van der Waals surface area contributed by atoms with Crippen LogP contribution >= 0.6 is 0 Å². The van der Waals surface area contributed by atoms with Crippen LogP contribution in [0.1, 0.15) is 16.8 Å². The van der Waals surface area contributed by atoms with Crippen molar-refractivity contribution in [3.63, 3.8) is 0 Å². The van der Waals surface area contributed by atoms with E-state index in [1.165, 1.54) is 24.3 Å². The average Bonchev–Trinajstić information content (AvgIpc) is 2.60. The second kappa shape index (κ2) is 8.57. The van der Waals surface area contributed by atoms with Gasteiger partial charge in [0.15, 0.2) is 0 Å². The van der Waals surface area contributed by atoms with Crippen LogP contribution in [-0.2, 0) is 14.6 Å². The van der Waals surface area contributed by atoms with Crippen molar-refractivity contribution in [2.75, 3.05) is 17.3 Å². The molecular formula is C18H19FN2O4S. The van der Waals surface area contributed by atoms with Gasteiger partial charge >= 0.3 is 0 Å². The molecule has 0 saturated carbocycles. The molecule has 0 bridgehead atoms. The molecule has 2 rings (SSSR count). The number of amides is 2. The molecule has 0 aliphatic rings. The minimum atomic E-state index is -3.31. The van der Waals surface area contributed by atoms with Crippen LogP contribution in [0.3, 0.4) is 0 Å². The SMILES string of the molecule is CS(=O)(=O)CC[C@@H](NC(=O)c1ccccc1)C(=O)Nc1ccc(F)cc1. The summed E-state index contributed by atoms with van der Waals surface area (Å²) in [7, 11) is -3.31. The number of nitrogens with one attached hydrogen (secondary N) is 2. The van der Waals surface area contributed by atoms with Crippen LogP contribution in [-0.4, -0.2) is 38.3 Å². The van der Waals surface area contributed by atoms with Gasteiger partial charge in [0, 0.05) is 17.5 Å². The van der Waals surface area contributed by atoms with Gasteiger partial charge in [-0.25, -0.2) is 12.8 Å². The molecule has 0 fully saturated rings. The number of halogens is 1. The lowest BCUT2D eigenvalue weighted by atomic mass is 10.1. The predicted octanol–water partition coefficient (Wildman–Crippen LogP) is 2.00. The van der Waals surface area contributed by atoms with Gasteiger partial charge in [0.1, 0.15) is 21.7 Å². The van der Waals surface area contributed by atoms with Crippen molar-refractivity contribution in [2.24, 2.45) is 0 Å². The summed E-state index contributed by atoms with van der Waals surface area (Å²) >= 11 is 0. The largest absolute Gasteiger partial charge is 0.340 e. The van der Waals surface area contributed by atoms with Gasteiger partial charge in [0.05, 0.1) is 5.75 Å². The first kappa shape index (κ1) is 19.6. The van der Waals surface area contributed by atoms with Crippen LogP contribution in [0.2, 0.25) is 0 Å². The minimum Gasteiger partial charge on any atom is -0.340 e. The molecule has 0 aliphatic carbocycles. The Morgan fingerprint density at radius 3 is 2.23 bits per heavy atom. The molecule has 2 aromatic rings. The third-order valence-electron chi connectivity index (χ3n) is 3.55. The molecule has 0 unspecified atom stereocenters. The molecule has 2 aromatic carbocycles. The second-order valence-corrected chi connectivity index (χ2v) is 8.07. The van der Waals surface area contributed by atoms with Crippen molar-refractivity contribution in [3.05, 3.63) is 66.0 Å². The number of sulfone groups is 1. The number of hydrogen-bond donors (Lipinski definition) is 2. The standard InChI is InChI=1S/C18H19FN2O4S/c1-26(24,25)12-11-16(21-17(22)13-5-3-2-4-6-13)18(23)20-15-9-7-14(19)8-10-15/h2-10,16H,11-12H2,1H3,(H,20,23)(H,21,22)/t16-/m1/s1. The second-order valence-electron chi connectivity index (χ2n) is 5.81. The molecule has 0 saturated heterocycles. The molecule has 26 heavy (non-hydrogen) atoms. The van der Waals surface area contributed by atoms with E-state index < -0.39 is 33.5 Å². The van der Waals surface area contributed by atoms with E-state index in [-0.39, 0.29) is 12.2 Å². The van der Waals surface area contributed by atoms with Gasteiger partial charge in [-0.05, 0) is 42.8 Å². The van der Waals surface area contributed by atoms with E-state index in [9.17, 15) is 22.4 Å². The quantitative estimate of drug-likeness (QED) is 0.771. The number of benzene rings is 2. The molecule has 2 N–H and O–H groups in total. The Morgan fingerprint density at radius 1 is 1.04 bits per heavy atom. The highest BCUT2D eigenvalue weighted by molar-refractivity contribution is 7.90. The zero-order valence-corrected chi connectivity index (χ0v) is 14.9. The van der Waals surface area contributed by atoms with Gasteiger partial charge in [-0.2, -0.15) is 0 Å². The fourth-order valence-corrected chi connectivity index (χ4v) is 2.86. The highest BCUT2D eigenvalue weighted by atomic mass is 32.2. The van der Waals surface area contributed by atoms with Crippen molar-refractivity contribution in [1.29, 1.82) is 0 Å². The smallest absolute Gasteiger partial charge is 0.251 e. The molecule has 6 nitrogen and oxygen atoms in total. The Balaban J connectivity index is 2.12. The zero-order chi connectivity index (χ0) is 19.2. The predicted molar refractivity (Wildman–Crippen MR) is 97.1 cm³/mol. The van der Waals surface area contributed by atoms with E-state index in [0.717, 1.165) is 6.26 Å². The molecule has 0 spiro atoms. The molecule has 0 heterocycles. The van der Waals surface area contributed by atoms with Gasteiger partial charge in [0.25, 0.3) is 5.91 Å². The van der Waals surface area contributed by atoms with E-state index in [2.05, 4.69) is 10.6 Å². The summed E-state index contributed by atoms with van der Waals surface area (Å²) in [5.74, 6) is -1.78. The van der Waals surface area contributed by atoms with Crippen molar-refractivity contribution in [2.45, 2.75) is 12.5 Å². The Kier molecular flexibility index (Phi) is 6.46. The number of anilines is 1. The lowest BCUT2D eigenvalue weighted by Crippen LogP contribution is -2.44. The van der Waals surface area contributed by atoms with Gasteiger partial charge < -0.3 is 10.6 Å². The summed E-state index contributed by atoms with van der Waals surface area (Å²) < 4.78 is 35.8. The van der Waals surface area contributed by atoms with Crippen LogP contribution < -0.4 is 10.6 Å². The Morgan fingerprint density at radius 2 is 1.65 bits per heavy atom. The zero-order valence-electron chi connectivity index (χ0n) is 14.1. The van der Waals surface area contributed by atoms with Crippen molar-refractivity contribution < 1.29 is 22.4 Å². The maximum atomic E-state index is 13.0. The van der Waals surface area contributed by atoms with Gasteiger partial charge in [0.2, 0.25) is 5.91 Å². The number of carbonyl (C=O) groups excluding carboxylic acids is 2. The summed E-state index contributed by atoms with van der Waals surface area (Å²) in [6, 6.07) is 12.3. The first-order chi connectivity index (χ1) is 12.2. The van der Waals surface area contributed by atoms with Crippen LogP contribution in [0.4, 0.5) is 10.1 Å². The minimum absolute atomic E-state index is 0.0789. The lowest BCUT2D eigenvalue weighted by molar-refractivity contribution is -0.118. The normalized spacial score (nSPS) is 12.2. The third-order valence-corrected chi connectivity index (χ3v) is 4.52. The molecule has 0 radical (unpaired) electrons. The fourth-order valence-electron chi connectivity index (χ4n) is 2.19. The summed E-state index contributed by atoms with van der Waals surface area (Å²) in [5, 5.41) is 5.09. The highest BCUT2D eigenvalue weighted by Gasteiger charge is 2.23. The first-order valence-corrected chi connectivity index (χ1v) is 9.91. The topological polar surface area (TPSA) is 92.3 Å². The van der Waals surface area contributed by atoms with E-state index in [1.807, 2.05) is 0 Å². The molecule has 2 amide bonds. The van der Waals surface area contributed by atoms with Crippen LogP contribution in [0, 0.1) is 5.82 Å². The molecule has 1 atom stereocenters. The van der Waals surface area contributed by atoms with Crippen LogP contribution in [0.15, 0.2) is 54.6 Å². The molecule has 0 aliphatic heterocycles. The average molecular weight is 378 g/mol. The van der Waals surface area contributed by atoms with Crippen molar-refractivity contribution in [3.8, 4) is 0 Å². The maximum absolute atomic E-state index is 13.0. The van der Waals surface area contributed by atoms with Gasteiger partial charge in [-0.3, -0.25) is 9.59 Å². The van der Waals surface area contributed by atoms with Gasteiger partial charge in [-0.1, -0.05) is 18.2 Å².